The largest absolute Gasteiger partial charge is 0.469 e. The minimum Gasteiger partial charge on any atom is -0.469 e. The highest BCUT2D eigenvalue weighted by molar-refractivity contribution is 5.78. The Morgan fingerprint density at radius 2 is 1.74 bits per heavy atom. The van der Waals surface area contributed by atoms with Crippen molar-refractivity contribution in [2.24, 2.45) is 5.92 Å². The summed E-state index contributed by atoms with van der Waals surface area (Å²) in [5.74, 6) is -0.477. The Morgan fingerprint density at radius 1 is 1.13 bits per heavy atom. The predicted octanol–water partition coefficient (Wildman–Crippen LogP) is 3.36. The normalized spacial score (nSPS) is 12.1. The van der Waals surface area contributed by atoms with Gasteiger partial charge in [-0.15, -0.1) is 0 Å². The average molecular weight is 319 g/mol. The summed E-state index contributed by atoms with van der Waals surface area (Å²) in [5.41, 5.74) is 2.50. The number of carbonyl (C=O) groups excluding carboxylic acids is 2. The number of benzene rings is 1. The van der Waals surface area contributed by atoms with Crippen LogP contribution in [-0.2, 0) is 20.7 Å². The Balaban J connectivity index is 2.51. The van der Waals surface area contributed by atoms with E-state index in [1.54, 1.807) is 11.8 Å². The van der Waals surface area contributed by atoms with E-state index >= 15 is 0 Å². The third kappa shape index (κ3) is 6.43. The van der Waals surface area contributed by atoms with E-state index in [9.17, 15) is 9.59 Å². The SMILES string of the molecule is COC(=O)C(C)CN(C(=O)CCCc1ccc(C)cc1)C(C)C. The number of aryl methyl sites for hydroxylation is 2. The summed E-state index contributed by atoms with van der Waals surface area (Å²) in [4.78, 5) is 25.8. The summed E-state index contributed by atoms with van der Waals surface area (Å²) in [7, 11) is 1.38. The topological polar surface area (TPSA) is 46.6 Å². The highest BCUT2D eigenvalue weighted by atomic mass is 16.5. The summed E-state index contributed by atoms with van der Waals surface area (Å²) >= 11 is 0. The molecule has 1 amide bonds. The van der Waals surface area contributed by atoms with Crippen LogP contribution in [0.3, 0.4) is 0 Å². The number of rotatable bonds is 8. The second-order valence-electron chi connectivity index (χ2n) is 6.40. The number of nitrogens with zero attached hydrogens (tertiary/aromatic N) is 1. The maximum Gasteiger partial charge on any atom is 0.310 e. The van der Waals surface area contributed by atoms with Crippen molar-refractivity contribution in [3.05, 3.63) is 35.4 Å². The second kappa shape index (κ2) is 9.33. The monoisotopic (exact) mass is 319 g/mol. The first-order chi connectivity index (χ1) is 10.8. The molecular weight excluding hydrogens is 290 g/mol. The van der Waals surface area contributed by atoms with E-state index in [4.69, 9.17) is 4.74 Å². The molecule has 23 heavy (non-hydrogen) atoms. The van der Waals surface area contributed by atoms with E-state index < -0.39 is 0 Å². The van der Waals surface area contributed by atoms with Gasteiger partial charge in [-0.1, -0.05) is 36.8 Å². The summed E-state index contributed by atoms with van der Waals surface area (Å²) < 4.78 is 4.74. The maximum atomic E-state index is 12.4. The molecule has 4 nitrogen and oxygen atoms in total. The highest BCUT2D eigenvalue weighted by Gasteiger charge is 2.23. The van der Waals surface area contributed by atoms with Crippen LogP contribution >= 0.6 is 0 Å². The smallest absolute Gasteiger partial charge is 0.310 e. The van der Waals surface area contributed by atoms with Gasteiger partial charge in [0, 0.05) is 19.0 Å². The molecular formula is C19H29NO3. The van der Waals surface area contributed by atoms with Crippen molar-refractivity contribution >= 4 is 11.9 Å². The Bertz CT molecular complexity index is 508. The number of amides is 1. The lowest BCUT2D eigenvalue weighted by Crippen LogP contribution is -2.41. The minimum absolute atomic E-state index is 0.0778. The molecule has 0 saturated carbocycles. The summed E-state index contributed by atoms with van der Waals surface area (Å²) in [6.07, 6.45) is 2.21. The molecule has 1 atom stereocenters. The van der Waals surface area contributed by atoms with Crippen molar-refractivity contribution in [1.29, 1.82) is 0 Å². The first kappa shape index (κ1) is 19.2. The number of ether oxygens (including phenoxy) is 1. The van der Waals surface area contributed by atoms with Crippen molar-refractivity contribution in [1.82, 2.24) is 4.90 Å². The van der Waals surface area contributed by atoms with Gasteiger partial charge >= 0.3 is 5.97 Å². The molecule has 0 N–H and O–H groups in total. The molecule has 0 aliphatic heterocycles. The molecule has 128 valence electrons. The van der Waals surface area contributed by atoms with Gasteiger partial charge in [0.25, 0.3) is 0 Å². The average Bonchev–Trinajstić information content (AvgIpc) is 2.52. The molecule has 0 bridgehead atoms. The Labute approximate surface area is 139 Å². The van der Waals surface area contributed by atoms with Gasteiger partial charge in [0.05, 0.1) is 13.0 Å². The molecule has 4 heteroatoms. The van der Waals surface area contributed by atoms with Crippen LogP contribution < -0.4 is 0 Å². The van der Waals surface area contributed by atoms with Gasteiger partial charge in [0.2, 0.25) is 5.91 Å². The van der Waals surface area contributed by atoms with Gasteiger partial charge in [0.15, 0.2) is 0 Å². The minimum atomic E-state index is -0.302. The van der Waals surface area contributed by atoms with Crippen molar-refractivity contribution in [3.8, 4) is 0 Å². The van der Waals surface area contributed by atoms with Crippen LogP contribution in [0.2, 0.25) is 0 Å². The van der Waals surface area contributed by atoms with E-state index in [2.05, 4.69) is 31.2 Å². The zero-order valence-corrected chi connectivity index (χ0v) is 15.0. The summed E-state index contributed by atoms with van der Waals surface area (Å²) in [6, 6.07) is 8.48. The lowest BCUT2D eigenvalue weighted by atomic mass is 10.1. The Kier molecular flexibility index (Phi) is 7.79. The fourth-order valence-corrected chi connectivity index (χ4v) is 2.51. The van der Waals surface area contributed by atoms with Crippen LogP contribution in [0.4, 0.5) is 0 Å². The van der Waals surface area contributed by atoms with E-state index in [0.717, 1.165) is 12.8 Å². The van der Waals surface area contributed by atoms with E-state index in [1.165, 1.54) is 18.2 Å². The molecule has 1 aromatic rings. The van der Waals surface area contributed by atoms with E-state index in [-0.39, 0.29) is 23.8 Å². The number of hydrogen-bond acceptors (Lipinski definition) is 3. The zero-order chi connectivity index (χ0) is 17.4. The highest BCUT2D eigenvalue weighted by Crippen LogP contribution is 2.12. The van der Waals surface area contributed by atoms with Crippen LogP contribution in [0.1, 0.15) is 44.7 Å². The molecule has 0 radical (unpaired) electrons. The van der Waals surface area contributed by atoms with Crippen molar-refractivity contribution in [3.63, 3.8) is 0 Å². The molecule has 0 spiro atoms. The fraction of sp³-hybridized carbons (Fsp3) is 0.579. The third-order valence-electron chi connectivity index (χ3n) is 3.99. The van der Waals surface area contributed by atoms with Gasteiger partial charge in [-0.2, -0.15) is 0 Å². The van der Waals surface area contributed by atoms with Gasteiger partial charge in [0.1, 0.15) is 0 Å². The van der Waals surface area contributed by atoms with Crippen LogP contribution in [0.25, 0.3) is 0 Å². The van der Waals surface area contributed by atoms with Crippen LogP contribution in [0.5, 0.6) is 0 Å². The summed E-state index contributed by atoms with van der Waals surface area (Å²) in [5, 5.41) is 0. The predicted molar refractivity (Wildman–Crippen MR) is 92.1 cm³/mol. The third-order valence-corrected chi connectivity index (χ3v) is 3.99. The Hall–Kier alpha value is -1.84. The molecule has 0 aromatic heterocycles. The standard InChI is InChI=1S/C19H29NO3/c1-14(2)20(13-16(4)19(22)23-5)18(21)8-6-7-17-11-9-15(3)10-12-17/h9-12,14,16H,6-8,13H2,1-5H3. The number of esters is 1. The number of hydrogen-bond donors (Lipinski definition) is 0. The van der Waals surface area contributed by atoms with Crippen molar-refractivity contribution in [2.75, 3.05) is 13.7 Å². The summed E-state index contributed by atoms with van der Waals surface area (Å²) in [6.45, 7) is 8.22. The lowest BCUT2D eigenvalue weighted by molar-refractivity contribution is -0.146. The maximum absolute atomic E-state index is 12.4. The van der Waals surface area contributed by atoms with Crippen molar-refractivity contribution in [2.45, 2.75) is 53.0 Å². The molecule has 0 heterocycles. The van der Waals surface area contributed by atoms with Gasteiger partial charge in [-0.25, -0.2) is 0 Å². The fourth-order valence-electron chi connectivity index (χ4n) is 2.51. The number of carbonyl (C=O) groups is 2. The molecule has 0 aliphatic rings. The van der Waals surface area contributed by atoms with Crippen molar-refractivity contribution < 1.29 is 14.3 Å². The zero-order valence-electron chi connectivity index (χ0n) is 15.0. The lowest BCUT2D eigenvalue weighted by Gasteiger charge is -2.29. The van der Waals surface area contributed by atoms with Gasteiger partial charge < -0.3 is 9.64 Å². The van der Waals surface area contributed by atoms with Gasteiger partial charge in [-0.05, 0) is 39.2 Å². The van der Waals surface area contributed by atoms with Crippen LogP contribution in [0, 0.1) is 12.8 Å². The van der Waals surface area contributed by atoms with E-state index in [0.29, 0.717) is 13.0 Å². The van der Waals surface area contributed by atoms with Gasteiger partial charge in [-0.3, -0.25) is 9.59 Å². The van der Waals surface area contributed by atoms with Crippen LogP contribution in [-0.4, -0.2) is 36.5 Å². The molecule has 0 aliphatic carbocycles. The number of methoxy groups -OCH3 is 1. The second-order valence-corrected chi connectivity index (χ2v) is 6.40. The molecule has 1 aromatic carbocycles. The molecule has 0 saturated heterocycles. The molecule has 1 rings (SSSR count). The van der Waals surface area contributed by atoms with Crippen LogP contribution in [0.15, 0.2) is 24.3 Å². The first-order valence-corrected chi connectivity index (χ1v) is 8.28. The Morgan fingerprint density at radius 3 is 2.26 bits per heavy atom. The quantitative estimate of drug-likeness (QED) is 0.690. The first-order valence-electron chi connectivity index (χ1n) is 8.28. The molecule has 1 unspecified atom stereocenters. The van der Waals surface area contributed by atoms with E-state index in [1.807, 2.05) is 13.8 Å². The molecule has 0 fully saturated rings.